The van der Waals surface area contributed by atoms with Gasteiger partial charge in [0.05, 0.1) is 0 Å². The molecule has 1 aromatic heterocycles. The lowest BCUT2D eigenvalue weighted by Crippen LogP contribution is -2.43. The van der Waals surface area contributed by atoms with Gasteiger partial charge in [0.25, 0.3) is 5.91 Å². The predicted octanol–water partition coefficient (Wildman–Crippen LogP) is 5.30. The van der Waals surface area contributed by atoms with E-state index in [0.29, 0.717) is 11.8 Å². The molecule has 22 heavy (non-hydrogen) atoms. The Morgan fingerprint density at radius 1 is 1.32 bits per heavy atom. The molecule has 1 fully saturated rings. The molecule has 0 aliphatic heterocycles. The molecule has 0 atom stereocenters. The van der Waals surface area contributed by atoms with E-state index in [1.807, 2.05) is 30.0 Å². The third-order valence-corrected chi connectivity index (χ3v) is 5.09. The third kappa shape index (κ3) is 2.69. The molecule has 1 heterocycles. The van der Waals surface area contributed by atoms with Crippen molar-refractivity contribution in [3.05, 3.63) is 34.0 Å². The number of fused-ring (bicyclic) bond motifs is 1. The van der Waals surface area contributed by atoms with Crippen molar-refractivity contribution in [3.8, 4) is 0 Å². The molecule has 2 aromatic rings. The molecule has 1 saturated carbocycles. The lowest BCUT2D eigenvalue weighted by molar-refractivity contribution is 0.0581. The fourth-order valence-corrected chi connectivity index (χ4v) is 3.88. The highest BCUT2D eigenvalue weighted by Crippen LogP contribution is 2.32. The number of aryl methyl sites for hydroxylation is 1. The van der Waals surface area contributed by atoms with Crippen LogP contribution in [0.3, 0.4) is 0 Å². The molecule has 0 spiro atoms. The summed E-state index contributed by atoms with van der Waals surface area (Å²) in [5.41, 5.74) is 1.71. The van der Waals surface area contributed by atoms with Crippen LogP contribution in [0.1, 0.15) is 55.6 Å². The minimum Gasteiger partial charge on any atom is -0.451 e. The first-order chi connectivity index (χ1) is 10.5. The first-order valence-corrected chi connectivity index (χ1v) is 8.79. The number of furan rings is 1. The summed E-state index contributed by atoms with van der Waals surface area (Å²) in [5.74, 6) is 0.528. The summed E-state index contributed by atoms with van der Waals surface area (Å²) in [4.78, 5) is 15.1. The van der Waals surface area contributed by atoms with Gasteiger partial charge in [-0.3, -0.25) is 4.79 Å². The molecular formula is C18H22BrNO2. The van der Waals surface area contributed by atoms with Gasteiger partial charge in [0, 0.05) is 27.5 Å². The van der Waals surface area contributed by atoms with E-state index in [2.05, 4.69) is 29.8 Å². The van der Waals surface area contributed by atoms with Gasteiger partial charge in [0.1, 0.15) is 5.58 Å². The highest BCUT2D eigenvalue weighted by molar-refractivity contribution is 9.10. The maximum absolute atomic E-state index is 13.1. The maximum Gasteiger partial charge on any atom is 0.290 e. The molecular weight excluding hydrogens is 342 g/mol. The molecule has 0 N–H and O–H groups in total. The summed E-state index contributed by atoms with van der Waals surface area (Å²) < 4.78 is 6.89. The van der Waals surface area contributed by atoms with Crippen molar-refractivity contribution in [2.75, 3.05) is 0 Å². The zero-order valence-electron chi connectivity index (χ0n) is 13.4. The second kappa shape index (κ2) is 6.07. The average molecular weight is 364 g/mol. The van der Waals surface area contributed by atoms with E-state index in [1.165, 1.54) is 12.8 Å². The van der Waals surface area contributed by atoms with Crippen molar-refractivity contribution in [3.63, 3.8) is 0 Å². The number of hydrogen-bond donors (Lipinski definition) is 0. The highest BCUT2D eigenvalue weighted by atomic mass is 79.9. The summed E-state index contributed by atoms with van der Waals surface area (Å²) in [5, 5.41) is 1.01. The van der Waals surface area contributed by atoms with E-state index in [0.717, 1.165) is 33.8 Å². The monoisotopic (exact) mass is 363 g/mol. The van der Waals surface area contributed by atoms with Crippen LogP contribution in [0, 0.1) is 6.92 Å². The van der Waals surface area contributed by atoms with Crippen molar-refractivity contribution >= 4 is 32.8 Å². The van der Waals surface area contributed by atoms with Crippen molar-refractivity contribution in [1.82, 2.24) is 4.90 Å². The molecule has 1 aliphatic rings. The number of benzene rings is 1. The Labute approximate surface area is 139 Å². The highest BCUT2D eigenvalue weighted by Gasteiger charge is 2.32. The van der Waals surface area contributed by atoms with Gasteiger partial charge in [-0.1, -0.05) is 28.8 Å². The number of amides is 1. The lowest BCUT2D eigenvalue weighted by atomic mass is 10.1. The zero-order chi connectivity index (χ0) is 15.9. The van der Waals surface area contributed by atoms with Crippen LogP contribution in [-0.4, -0.2) is 22.9 Å². The van der Waals surface area contributed by atoms with Crippen LogP contribution in [0.2, 0.25) is 0 Å². The molecule has 1 aromatic carbocycles. The minimum absolute atomic E-state index is 0.0340. The van der Waals surface area contributed by atoms with Gasteiger partial charge in [-0.05, 0) is 51.8 Å². The Bertz CT molecular complexity index is 698. The van der Waals surface area contributed by atoms with Crippen LogP contribution in [0.25, 0.3) is 11.0 Å². The summed E-state index contributed by atoms with van der Waals surface area (Å²) in [6.07, 6.45) is 4.64. The van der Waals surface area contributed by atoms with Crippen LogP contribution in [-0.2, 0) is 0 Å². The van der Waals surface area contributed by atoms with Gasteiger partial charge in [0.15, 0.2) is 5.76 Å². The van der Waals surface area contributed by atoms with Gasteiger partial charge in [-0.25, -0.2) is 0 Å². The summed E-state index contributed by atoms with van der Waals surface area (Å²) >= 11 is 3.48. The topological polar surface area (TPSA) is 33.5 Å². The number of carbonyl (C=O) groups is 1. The largest absolute Gasteiger partial charge is 0.451 e. The molecule has 118 valence electrons. The standard InChI is InChI=1S/C18H22BrNO2/c1-11(2)20(14-6-4-5-7-14)18(21)17-12(3)15-10-13(19)8-9-16(15)22-17/h8-11,14H,4-7H2,1-3H3. The normalized spacial score (nSPS) is 15.9. The molecule has 1 amide bonds. The Hall–Kier alpha value is -1.29. The molecule has 1 aliphatic carbocycles. The van der Waals surface area contributed by atoms with Crippen LogP contribution in [0.5, 0.6) is 0 Å². The number of carbonyl (C=O) groups excluding carboxylic acids is 1. The summed E-state index contributed by atoms with van der Waals surface area (Å²) in [7, 11) is 0. The number of rotatable bonds is 3. The van der Waals surface area contributed by atoms with Gasteiger partial charge in [-0.15, -0.1) is 0 Å². The zero-order valence-corrected chi connectivity index (χ0v) is 14.9. The van der Waals surface area contributed by atoms with Crippen molar-refractivity contribution in [2.24, 2.45) is 0 Å². The summed E-state index contributed by atoms with van der Waals surface area (Å²) in [6.45, 7) is 6.15. The van der Waals surface area contributed by atoms with Gasteiger partial charge in [0.2, 0.25) is 0 Å². The van der Waals surface area contributed by atoms with E-state index < -0.39 is 0 Å². The molecule has 3 rings (SSSR count). The predicted molar refractivity (Wildman–Crippen MR) is 92.2 cm³/mol. The summed E-state index contributed by atoms with van der Waals surface area (Å²) in [6, 6.07) is 6.41. The van der Waals surface area contributed by atoms with Crippen molar-refractivity contribution in [1.29, 1.82) is 0 Å². The SMILES string of the molecule is Cc1c(C(=O)N(C(C)C)C2CCCC2)oc2ccc(Br)cc12. The van der Waals surface area contributed by atoms with E-state index in [-0.39, 0.29) is 11.9 Å². The molecule has 0 unspecified atom stereocenters. The van der Waals surface area contributed by atoms with Gasteiger partial charge in [-0.2, -0.15) is 0 Å². The Kier molecular flexibility index (Phi) is 4.31. The first-order valence-electron chi connectivity index (χ1n) is 8.00. The lowest BCUT2D eigenvalue weighted by Gasteiger charge is -2.32. The van der Waals surface area contributed by atoms with Crippen LogP contribution >= 0.6 is 15.9 Å². The molecule has 0 radical (unpaired) electrons. The van der Waals surface area contributed by atoms with E-state index in [9.17, 15) is 4.79 Å². The number of halogens is 1. The number of nitrogens with zero attached hydrogens (tertiary/aromatic N) is 1. The van der Waals surface area contributed by atoms with E-state index >= 15 is 0 Å². The molecule has 3 nitrogen and oxygen atoms in total. The Morgan fingerprint density at radius 2 is 2.00 bits per heavy atom. The number of hydrogen-bond acceptors (Lipinski definition) is 2. The van der Waals surface area contributed by atoms with Crippen molar-refractivity contribution in [2.45, 2.75) is 58.5 Å². The van der Waals surface area contributed by atoms with E-state index in [4.69, 9.17) is 4.42 Å². The van der Waals surface area contributed by atoms with Crippen LogP contribution in [0.15, 0.2) is 27.1 Å². The van der Waals surface area contributed by atoms with Crippen LogP contribution in [0.4, 0.5) is 0 Å². The molecule has 0 bridgehead atoms. The smallest absolute Gasteiger partial charge is 0.290 e. The minimum atomic E-state index is 0.0340. The quantitative estimate of drug-likeness (QED) is 0.741. The Balaban J connectivity index is 2.01. The van der Waals surface area contributed by atoms with Crippen molar-refractivity contribution < 1.29 is 9.21 Å². The molecule has 4 heteroatoms. The van der Waals surface area contributed by atoms with Gasteiger partial charge >= 0.3 is 0 Å². The molecule has 0 saturated heterocycles. The second-order valence-electron chi connectivity index (χ2n) is 6.44. The first kappa shape index (κ1) is 15.6. The van der Waals surface area contributed by atoms with Crippen LogP contribution < -0.4 is 0 Å². The van der Waals surface area contributed by atoms with E-state index in [1.54, 1.807) is 0 Å². The third-order valence-electron chi connectivity index (χ3n) is 4.60. The maximum atomic E-state index is 13.1. The second-order valence-corrected chi connectivity index (χ2v) is 7.36. The Morgan fingerprint density at radius 3 is 2.64 bits per heavy atom. The van der Waals surface area contributed by atoms with Gasteiger partial charge < -0.3 is 9.32 Å². The average Bonchev–Trinajstić information content (AvgIpc) is 3.08. The fourth-order valence-electron chi connectivity index (χ4n) is 3.52. The fraction of sp³-hybridized carbons (Fsp3) is 0.500.